The van der Waals surface area contributed by atoms with Gasteiger partial charge in [0.15, 0.2) is 0 Å². The van der Waals surface area contributed by atoms with Gasteiger partial charge in [-0.25, -0.2) is 9.87 Å². The second-order valence-corrected chi connectivity index (χ2v) is 4.33. The van der Waals surface area contributed by atoms with Crippen molar-refractivity contribution in [2.24, 2.45) is 0 Å². The van der Waals surface area contributed by atoms with Gasteiger partial charge in [-0.1, -0.05) is 18.2 Å². The van der Waals surface area contributed by atoms with E-state index >= 15 is 0 Å². The van der Waals surface area contributed by atoms with Gasteiger partial charge in [0.2, 0.25) is 0 Å². The molecule has 2 aromatic rings. The summed E-state index contributed by atoms with van der Waals surface area (Å²) in [6.45, 7) is 0.246. The van der Waals surface area contributed by atoms with Gasteiger partial charge >= 0.3 is 0 Å². The first kappa shape index (κ1) is 14.7. The quantitative estimate of drug-likeness (QED) is 0.593. The predicted molar refractivity (Wildman–Crippen MR) is 73.3 cm³/mol. The Morgan fingerprint density at radius 1 is 1.00 bits per heavy atom. The molecular formula is C15H13FN2O3. The number of rotatable bonds is 4. The molecule has 0 heterocycles. The zero-order valence-electron chi connectivity index (χ0n) is 11.0. The Kier molecular flexibility index (Phi) is 4.63. The smallest absolute Gasteiger partial charge is 0.274 e. The monoisotopic (exact) mass is 288 g/mol. The first-order valence-electron chi connectivity index (χ1n) is 6.17. The lowest BCUT2D eigenvalue weighted by atomic mass is 10.1. The number of hydrogen-bond acceptors (Lipinski definition) is 3. The van der Waals surface area contributed by atoms with E-state index in [2.05, 4.69) is 5.32 Å². The third kappa shape index (κ3) is 3.87. The molecule has 108 valence electrons. The normalized spacial score (nSPS) is 10.0. The molecule has 0 aromatic heterocycles. The second-order valence-electron chi connectivity index (χ2n) is 4.33. The zero-order chi connectivity index (χ0) is 15.2. The van der Waals surface area contributed by atoms with Gasteiger partial charge in [0.1, 0.15) is 5.82 Å². The first-order chi connectivity index (χ1) is 10.1. The van der Waals surface area contributed by atoms with E-state index in [0.717, 1.165) is 11.6 Å². The highest BCUT2D eigenvalue weighted by Gasteiger charge is 2.07. The molecule has 0 aliphatic carbocycles. The van der Waals surface area contributed by atoms with Gasteiger partial charge in [-0.05, 0) is 35.9 Å². The van der Waals surface area contributed by atoms with Gasteiger partial charge in [0.25, 0.3) is 11.8 Å². The van der Waals surface area contributed by atoms with Crippen LogP contribution in [-0.4, -0.2) is 17.0 Å². The van der Waals surface area contributed by atoms with Gasteiger partial charge in [-0.2, -0.15) is 0 Å². The maximum atomic E-state index is 13.0. The molecule has 0 aliphatic rings. The average molecular weight is 288 g/mol. The molecule has 3 N–H and O–H groups in total. The van der Waals surface area contributed by atoms with E-state index in [1.807, 2.05) is 0 Å². The molecular weight excluding hydrogens is 275 g/mol. The molecule has 0 saturated carbocycles. The summed E-state index contributed by atoms with van der Waals surface area (Å²) >= 11 is 0. The average Bonchev–Trinajstić information content (AvgIpc) is 2.52. The third-order valence-corrected chi connectivity index (χ3v) is 2.86. The van der Waals surface area contributed by atoms with Crippen molar-refractivity contribution in [3.8, 4) is 0 Å². The van der Waals surface area contributed by atoms with Crippen LogP contribution in [0.2, 0.25) is 0 Å². The van der Waals surface area contributed by atoms with Gasteiger partial charge in [-0.3, -0.25) is 14.8 Å². The molecule has 5 nitrogen and oxygen atoms in total. The molecule has 0 unspecified atom stereocenters. The highest BCUT2D eigenvalue weighted by Crippen LogP contribution is 2.06. The fraction of sp³-hybridized carbons (Fsp3) is 0.0667. The van der Waals surface area contributed by atoms with Crippen LogP contribution in [0, 0.1) is 5.82 Å². The molecule has 0 saturated heterocycles. The Balaban J connectivity index is 1.97. The third-order valence-electron chi connectivity index (χ3n) is 2.86. The summed E-state index contributed by atoms with van der Waals surface area (Å²) in [5, 5.41) is 11.1. The molecule has 2 amide bonds. The molecule has 2 aromatic carbocycles. The topological polar surface area (TPSA) is 78.4 Å². The molecule has 0 bridgehead atoms. The fourth-order valence-electron chi connectivity index (χ4n) is 1.75. The number of hydrogen-bond donors (Lipinski definition) is 3. The lowest BCUT2D eigenvalue weighted by Crippen LogP contribution is -2.23. The van der Waals surface area contributed by atoms with E-state index in [9.17, 15) is 14.0 Å². The minimum absolute atomic E-state index is 0.242. The number of benzene rings is 2. The fourth-order valence-corrected chi connectivity index (χ4v) is 1.75. The van der Waals surface area contributed by atoms with Crippen LogP contribution < -0.4 is 10.8 Å². The summed E-state index contributed by atoms with van der Waals surface area (Å²) in [6.07, 6.45) is 0. The van der Waals surface area contributed by atoms with Crippen LogP contribution in [0.1, 0.15) is 26.3 Å². The van der Waals surface area contributed by atoms with E-state index in [-0.39, 0.29) is 18.0 Å². The van der Waals surface area contributed by atoms with Crippen LogP contribution in [0.3, 0.4) is 0 Å². The largest absolute Gasteiger partial charge is 0.348 e. The van der Waals surface area contributed by atoms with E-state index in [4.69, 9.17) is 5.21 Å². The first-order valence-corrected chi connectivity index (χ1v) is 6.17. The van der Waals surface area contributed by atoms with E-state index in [1.165, 1.54) is 35.8 Å². The van der Waals surface area contributed by atoms with Gasteiger partial charge in [-0.15, -0.1) is 0 Å². The van der Waals surface area contributed by atoms with Crippen molar-refractivity contribution in [1.29, 1.82) is 0 Å². The summed E-state index contributed by atoms with van der Waals surface area (Å²) in [7, 11) is 0. The summed E-state index contributed by atoms with van der Waals surface area (Å²) in [5.74, 6) is -1.46. The molecule has 0 radical (unpaired) electrons. The van der Waals surface area contributed by atoms with E-state index < -0.39 is 11.7 Å². The Hall–Kier alpha value is -2.73. The van der Waals surface area contributed by atoms with Crippen molar-refractivity contribution < 1.29 is 19.2 Å². The molecule has 6 heteroatoms. The summed E-state index contributed by atoms with van der Waals surface area (Å²) < 4.78 is 13.0. The van der Waals surface area contributed by atoms with E-state index in [0.29, 0.717) is 5.56 Å². The van der Waals surface area contributed by atoms with Crippen LogP contribution in [0.15, 0.2) is 48.5 Å². The summed E-state index contributed by atoms with van der Waals surface area (Å²) in [6, 6.07) is 11.8. The molecule has 0 fully saturated rings. The highest BCUT2D eigenvalue weighted by molar-refractivity contribution is 5.94. The van der Waals surface area contributed by atoms with Crippen LogP contribution in [-0.2, 0) is 6.54 Å². The molecule has 0 aliphatic heterocycles. The summed E-state index contributed by atoms with van der Waals surface area (Å²) in [5.41, 5.74) is 2.85. The Bertz CT molecular complexity index is 656. The van der Waals surface area contributed by atoms with Crippen LogP contribution in [0.25, 0.3) is 0 Å². The number of amides is 2. The van der Waals surface area contributed by atoms with Gasteiger partial charge in [0, 0.05) is 17.7 Å². The molecule has 0 atom stereocenters. The second kappa shape index (κ2) is 6.62. The standard InChI is InChI=1S/C15H13FN2O3/c16-13-3-1-2-12(8-13)14(19)17-9-10-4-6-11(7-5-10)15(20)18-21/h1-8,21H,9H2,(H,17,19)(H,18,20). The van der Waals surface area contributed by atoms with Gasteiger partial charge in [0.05, 0.1) is 0 Å². The molecule has 2 rings (SSSR count). The van der Waals surface area contributed by atoms with Crippen molar-refractivity contribution in [3.05, 3.63) is 71.0 Å². The number of nitrogens with one attached hydrogen (secondary N) is 2. The van der Waals surface area contributed by atoms with Crippen molar-refractivity contribution in [3.63, 3.8) is 0 Å². The zero-order valence-corrected chi connectivity index (χ0v) is 11.0. The number of hydroxylamine groups is 1. The number of carbonyl (C=O) groups is 2. The Morgan fingerprint density at radius 3 is 2.33 bits per heavy atom. The lowest BCUT2D eigenvalue weighted by molar-refractivity contribution is 0.0706. The minimum Gasteiger partial charge on any atom is -0.348 e. The summed E-state index contributed by atoms with van der Waals surface area (Å²) in [4.78, 5) is 23.0. The molecule has 21 heavy (non-hydrogen) atoms. The maximum absolute atomic E-state index is 13.0. The molecule has 0 spiro atoms. The van der Waals surface area contributed by atoms with Crippen LogP contribution >= 0.6 is 0 Å². The van der Waals surface area contributed by atoms with Crippen molar-refractivity contribution in [2.45, 2.75) is 6.54 Å². The Morgan fingerprint density at radius 2 is 1.71 bits per heavy atom. The minimum atomic E-state index is -0.606. The van der Waals surface area contributed by atoms with Crippen molar-refractivity contribution in [1.82, 2.24) is 10.8 Å². The highest BCUT2D eigenvalue weighted by atomic mass is 19.1. The Labute approximate surface area is 120 Å². The number of carbonyl (C=O) groups excluding carboxylic acids is 2. The maximum Gasteiger partial charge on any atom is 0.274 e. The van der Waals surface area contributed by atoms with Gasteiger partial charge < -0.3 is 5.32 Å². The van der Waals surface area contributed by atoms with Crippen LogP contribution in [0.4, 0.5) is 4.39 Å². The van der Waals surface area contributed by atoms with Crippen molar-refractivity contribution in [2.75, 3.05) is 0 Å². The SMILES string of the molecule is O=C(NO)c1ccc(CNC(=O)c2cccc(F)c2)cc1. The van der Waals surface area contributed by atoms with Crippen molar-refractivity contribution >= 4 is 11.8 Å². The lowest BCUT2D eigenvalue weighted by Gasteiger charge is -2.06. The number of halogens is 1. The van der Waals surface area contributed by atoms with Crippen LogP contribution in [0.5, 0.6) is 0 Å². The predicted octanol–water partition coefficient (Wildman–Crippen LogP) is 1.87. The van der Waals surface area contributed by atoms with E-state index in [1.54, 1.807) is 12.1 Å².